The van der Waals surface area contributed by atoms with Gasteiger partial charge in [-0.2, -0.15) is 0 Å². The highest BCUT2D eigenvalue weighted by molar-refractivity contribution is 7.89. The summed E-state index contributed by atoms with van der Waals surface area (Å²) in [5.41, 5.74) is 0.812. The average Bonchev–Trinajstić information content (AvgIpc) is 2.67. The van der Waals surface area contributed by atoms with Crippen molar-refractivity contribution in [2.75, 3.05) is 27.2 Å². The first-order valence-corrected chi connectivity index (χ1v) is 8.17. The second-order valence-electron chi connectivity index (χ2n) is 5.56. The van der Waals surface area contributed by atoms with Crippen LogP contribution in [-0.2, 0) is 10.0 Å². The Morgan fingerprint density at radius 3 is 2.55 bits per heavy atom. The summed E-state index contributed by atoms with van der Waals surface area (Å²) in [7, 11) is 0.0968. The van der Waals surface area contributed by atoms with Gasteiger partial charge < -0.3 is 9.64 Å². The van der Waals surface area contributed by atoms with Crippen molar-refractivity contribution in [3.63, 3.8) is 0 Å². The van der Waals surface area contributed by atoms with Gasteiger partial charge >= 0.3 is 0 Å². The molecule has 2 atom stereocenters. The smallest absolute Gasteiger partial charge is 0.240 e. The maximum Gasteiger partial charge on any atom is 0.240 e. The lowest BCUT2D eigenvalue weighted by Crippen LogP contribution is -2.39. The summed E-state index contributed by atoms with van der Waals surface area (Å²) in [6.07, 6.45) is 0. The summed E-state index contributed by atoms with van der Waals surface area (Å²) in [6.45, 7) is 5.56. The lowest BCUT2D eigenvalue weighted by molar-refractivity contribution is 0.400. The number of nitrogens with one attached hydrogen (secondary N) is 1. The largest absolute Gasteiger partial charge is 0.496 e. The number of likely N-dealkylation sites (N-methyl/N-ethyl adjacent to an activating group) is 1. The minimum absolute atomic E-state index is 0.0348. The number of aryl methyl sites for hydroxylation is 1. The minimum atomic E-state index is -3.48. The highest BCUT2D eigenvalue weighted by Crippen LogP contribution is 2.23. The van der Waals surface area contributed by atoms with Crippen LogP contribution in [0, 0.1) is 12.8 Å². The number of hydrogen-bond acceptors (Lipinski definition) is 4. The van der Waals surface area contributed by atoms with Crippen molar-refractivity contribution >= 4 is 10.0 Å². The van der Waals surface area contributed by atoms with Crippen LogP contribution < -0.4 is 9.46 Å². The second kappa shape index (κ2) is 5.71. The van der Waals surface area contributed by atoms with Crippen LogP contribution in [0.25, 0.3) is 0 Å². The molecule has 1 aliphatic heterocycles. The Hall–Kier alpha value is -1.11. The maximum atomic E-state index is 12.4. The van der Waals surface area contributed by atoms with E-state index in [1.54, 1.807) is 25.3 Å². The Balaban J connectivity index is 2.20. The molecule has 0 unspecified atom stereocenters. The molecule has 0 aliphatic carbocycles. The quantitative estimate of drug-likeness (QED) is 0.908. The van der Waals surface area contributed by atoms with Gasteiger partial charge in [-0.1, -0.05) is 6.92 Å². The Bertz CT molecular complexity index is 586. The third-order valence-corrected chi connectivity index (χ3v) is 5.27. The molecule has 1 aliphatic rings. The summed E-state index contributed by atoms with van der Waals surface area (Å²) in [5, 5.41) is 0. The van der Waals surface area contributed by atoms with E-state index in [4.69, 9.17) is 4.74 Å². The maximum absolute atomic E-state index is 12.4. The van der Waals surface area contributed by atoms with Gasteiger partial charge in [-0.05, 0) is 43.7 Å². The number of benzene rings is 1. The summed E-state index contributed by atoms with van der Waals surface area (Å²) in [6, 6.07) is 4.88. The molecule has 0 saturated carbocycles. The molecule has 2 rings (SSSR count). The number of likely N-dealkylation sites (tertiary alicyclic amines) is 1. The minimum Gasteiger partial charge on any atom is -0.496 e. The van der Waals surface area contributed by atoms with E-state index in [-0.39, 0.29) is 10.9 Å². The van der Waals surface area contributed by atoms with Gasteiger partial charge in [0.1, 0.15) is 5.75 Å². The van der Waals surface area contributed by atoms with Gasteiger partial charge in [-0.25, -0.2) is 13.1 Å². The fourth-order valence-electron chi connectivity index (χ4n) is 2.65. The van der Waals surface area contributed by atoms with Gasteiger partial charge in [0.05, 0.1) is 12.0 Å². The second-order valence-corrected chi connectivity index (χ2v) is 7.27. The van der Waals surface area contributed by atoms with Crippen LogP contribution in [0.1, 0.15) is 12.5 Å². The molecule has 1 heterocycles. The van der Waals surface area contributed by atoms with Crippen molar-refractivity contribution in [2.45, 2.75) is 24.8 Å². The lowest BCUT2D eigenvalue weighted by Gasteiger charge is -2.17. The molecular weight excluding hydrogens is 276 g/mol. The number of hydrogen-bond donors (Lipinski definition) is 1. The molecule has 0 radical (unpaired) electrons. The summed E-state index contributed by atoms with van der Waals surface area (Å²) in [4.78, 5) is 2.43. The molecule has 0 bridgehead atoms. The van der Waals surface area contributed by atoms with E-state index in [2.05, 4.69) is 16.5 Å². The number of nitrogens with zero attached hydrogens (tertiary/aromatic N) is 1. The average molecular weight is 298 g/mol. The van der Waals surface area contributed by atoms with E-state index in [0.29, 0.717) is 11.7 Å². The number of sulfonamides is 1. The Kier molecular flexibility index (Phi) is 4.36. The van der Waals surface area contributed by atoms with Crippen LogP contribution in [0.4, 0.5) is 0 Å². The fourth-order valence-corrected chi connectivity index (χ4v) is 4.07. The number of ether oxygens (including phenoxy) is 1. The van der Waals surface area contributed by atoms with E-state index >= 15 is 0 Å². The molecule has 0 aromatic heterocycles. The Morgan fingerprint density at radius 1 is 1.35 bits per heavy atom. The van der Waals surface area contributed by atoms with E-state index in [0.717, 1.165) is 18.7 Å². The van der Waals surface area contributed by atoms with Gasteiger partial charge in [0, 0.05) is 19.1 Å². The van der Waals surface area contributed by atoms with Crippen molar-refractivity contribution in [3.05, 3.63) is 23.8 Å². The van der Waals surface area contributed by atoms with Crippen LogP contribution in [0.2, 0.25) is 0 Å². The molecule has 1 saturated heterocycles. The first-order valence-electron chi connectivity index (χ1n) is 6.69. The van der Waals surface area contributed by atoms with Crippen LogP contribution >= 0.6 is 0 Å². The zero-order valence-corrected chi connectivity index (χ0v) is 13.2. The van der Waals surface area contributed by atoms with Gasteiger partial charge in [0.2, 0.25) is 10.0 Å². The molecule has 6 heteroatoms. The standard InChI is InChI=1S/C14H22N2O3S/c1-10-7-12(5-6-14(10)19-4)20(17,18)15-13-9-16(3)8-11(13)2/h5-7,11,13,15H,8-9H2,1-4H3/t11-,13+/m1/s1. The van der Waals surface area contributed by atoms with Crippen molar-refractivity contribution in [3.8, 4) is 5.75 Å². The van der Waals surface area contributed by atoms with E-state index < -0.39 is 10.0 Å². The Morgan fingerprint density at radius 2 is 2.05 bits per heavy atom. The SMILES string of the molecule is COc1ccc(S(=O)(=O)N[C@H]2CN(C)C[C@H]2C)cc1C. The van der Waals surface area contributed by atoms with E-state index in [9.17, 15) is 8.42 Å². The van der Waals surface area contributed by atoms with Crippen molar-refractivity contribution in [1.82, 2.24) is 9.62 Å². The molecule has 1 aromatic rings. The van der Waals surface area contributed by atoms with E-state index in [1.165, 1.54) is 0 Å². The molecule has 0 spiro atoms. The van der Waals surface area contributed by atoms with E-state index in [1.807, 2.05) is 14.0 Å². The first-order chi connectivity index (χ1) is 9.33. The fraction of sp³-hybridized carbons (Fsp3) is 0.571. The third kappa shape index (κ3) is 3.13. The van der Waals surface area contributed by atoms with Gasteiger partial charge in [-0.3, -0.25) is 0 Å². The van der Waals surface area contributed by atoms with Gasteiger partial charge in [0.15, 0.2) is 0 Å². The number of rotatable bonds is 4. The highest BCUT2D eigenvalue weighted by atomic mass is 32.2. The molecule has 0 amide bonds. The van der Waals surface area contributed by atoms with Crippen LogP contribution in [0.5, 0.6) is 5.75 Å². The molecule has 1 fully saturated rings. The highest BCUT2D eigenvalue weighted by Gasteiger charge is 2.31. The summed E-state index contributed by atoms with van der Waals surface area (Å²) in [5.74, 6) is 1.01. The topological polar surface area (TPSA) is 58.6 Å². The summed E-state index contributed by atoms with van der Waals surface area (Å²) < 4.78 is 32.8. The van der Waals surface area contributed by atoms with Crippen LogP contribution in [0.15, 0.2) is 23.1 Å². The van der Waals surface area contributed by atoms with Crippen molar-refractivity contribution in [1.29, 1.82) is 0 Å². The van der Waals surface area contributed by atoms with Gasteiger partial charge in [0.25, 0.3) is 0 Å². The van der Waals surface area contributed by atoms with Crippen LogP contribution in [0.3, 0.4) is 0 Å². The van der Waals surface area contributed by atoms with Gasteiger partial charge in [-0.15, -0.1) is 0 Å². The zero-order valence-electron chi connectivity index (χ0n) is 12.4. The predicted octanol–water partition coefficient (Wildman–Crippen LogP) is 1.23. The third-order valence-electron chi connectivity index (χ3n) is 3.78. The lowest BCUT2D eigenvalue weighted by atomic mass is 10.1. The molecular formula is C14H22N2O3S. The normalized spacial score (nSPS) is 24.0. The molecule has 20 heavy (non-hydrogen) atoms. The first kappa shape index (κ1) is 15.3. The molecule has 112 valence electrons. The van der Waals surface area contributed by atoms with Crippen molar-refractivity contribution < 1.29 is 13.2 Å². The molecule has 1 aromatic carbocycles. The predicted molar refractivity (Wildman–Crippen MR) is 78.5 cm³/mol. The monoisotopic (exact) mass is 298 g/mol. The van der Waals surface area contributed by atoms with Crippen molar-refractivity contribution in [2.24, 2.45) is 5.92 Å². The molecule has 5 nitrogen and oxygen atoms in total. The van der Waals surface area contributed by atoms with Crippen LogP contribution in [-0.4, -0.2) is 46.6 Å². The number of methoxy groups -OCH3 is 1. The Labute approximate surface area is 121 Å². The summed E-state index contributed by atoms with van der Waals surface area (Å²) >= 11 is 0. The zero-order chi connectivity index (χ0) is 14.9. The molecule has 1 N–H and O–H groups in total.